The average Bonchev–Trinajstić information content (AvgIpc) is 2.49. The zero-order valence-corrected chi connectivity index (χ0v) is 10.8. The topological polar surface area (TPSA) is 63.8 Å². The molecule has 3 rings (SSSR count). The number of rotatable bonds is 2. The molecule has 6 heteroatoms. The highest BCUT2D eigenvalue weighted by molar-refractivity contribution is 5.60. The van der Waals surface area contributed by atoms with E-state index in [1.807, 2.05) is 0 Å². The van der Waals surface area contributed by atoms with Crippen molar-refractivity contribution in [1.82, 2.24) is 9.97 Å². The standard InChI is InChI=1S/C14H14F2N4/c15-10-6-5-8(7-11(10)16)13-18-12-4-2-1-3-9(12)14(19-13)20-17/h5-7H,1-4,17H2,(H,18,19,20). The van der Waals surface area contributed by atoms with E-state index in [1.54, 1.807) is 0 Å². The first-order valence-corrected chi connectivity index (χ1v) is 6.51. The van der Waals surface area contributed by atoms with Crippen molar-refractivity contribution in [3.05, 3.63) is 41.1 Å². The lowest BCUT2D eigenvalue weighted by Crippen LogP contribution is -2.17. The third-order valence-electron chi connectivity index (χ3n) is 3.50. The predicted molar refractivity (Wildman–Crippen MR) is 71.8 cm³/mol. The van der Waals surface area contributed by atoms with Crippen LogP contribution < -0.4 is 11.3 Å². The number of aryl methyl sites for hydroxylation is 1. The molecule has 1 aromatic heterocycles. The summed E-state index contributed by atoms with van der Waals surface area (Å²) < 4.78 is 26.3. The van der Waals surface area contributed by atoms with Gasteiger partial charge in [-0.2, -0.15) is 0 Å². The van der Waals surface area contributed by atoms with Gasteiger partial charge < -0.3 is 5.43 Å². The largest absolute Gasteiger partial charge is 0.308 e. The van der Waals surface area contributed by atoms with Gasteiger partial charge in [-0.1, -0.05) is 0 Å². The molecule has 0 saturated carbocycles. The summed E-state index contributed by atoms with van der Waals surface area (Å²) in [5.74, 6) is 4.63. The highest BCUT2D eigenvalue weighted by atomic mass is 19.2. The number of nitrogens with zero attached hydrogens (tertiary/aromatic N) is 2. The van der Waals surface area contributed by atoms with Gasteiger partial charge in [-0.25, -0.2) is 24.6 Å². The Morgan fingerprint density at radius 2 is 1.85 bits per heavy atom. The summed E-state index contributed by atoms with van der Waals surface area (Å²) in [5, 5.41) is 0. The molecule has 2 aromatic rings. The third-order valence-corrected chi connectivity index (χ3v) is 3.50. The van der Waals surface area contributed by atoms with Gasteiger partial charge in [-0.05, 0) is 43.9 Å². The number of benzene rings is 1. The van der Waals surface area contributed by atoms with Crippen molar-refractivity contribution in [2.75, 3.05) is 5.43 Å². The summed E-state index contributed by atoms with van der Waals surface area (Å²) in [6.45, 7) is 0. The Kier molecular flexibility index (Phi) is 3.31. The first-order chi connectivity index (χ1) is 9.69. The molecule has 3 N–H and O–H groups in total. The number of halogens is 2. The van der Waals surface area contributed by atoms with Crippen LogP contribution in [0.3, 0.4) is 0 Å². The van der Waals surface area contributed by atoms with E-state index in [0.717, 1.165) is 49.1 Å². The monoisotopic (exact) mass is 276 g/mol. The van der Waals surface area contributed by atoms with Crippen molar-refractivity contribution in [3.8, 4) is 11.4 Å². The van der Waals surface area contributed by atoms with Crippen LogP contribution in [-0.2, 0) is 12.8 Å². The Morgan fingerprint density at radius 1 is 1.05 bits per heavy atom. The van der Waals surface area contributed by atoms with E-state index in [0.29, 0.717) is 17.2 Å². The molecule has 4 nitrogen and oxygen atoms in total. The molecule has 1 aliphatic carbocycles. The maximum absolute atomic E-state index is 13.3. The second kappa shape index (κ2) is 5.13. The molecule has 0 spiro atoms. The minimum Gasteiger partial charge on any atom is -0.308 e. The SMILES string of the molecule is NNc1nc(-c2ccc(F)c(F)c2)nc2c1CCCC2. The maximum Gasteiger partial charge on any atom is 0.161 e. The lowest BCUT2D eigenvalue weighted by molar-refractivity contribution is 0.509. The van der Waals surface area contributed by atoms with E-state index < -0.39 is 11.6 Å². The van der Waals surface area contributed by atoms with Crippen molar-refractivity contribution in [1.29, 1.82) is 0 Å². The number of hydrogen-bond donors (Lipinski definition) is 2. The Hall–Kier alpha value is -2.08. The number of nitrogens with two attached hydrogens (primary N) is 1. The Labute approximate surface area is 115 Å². The predicted octanol–water partition coefficient (Wildman–Crippen LogP) is 2.59. The summed E-state index contributed by atoms with van der Waals surface area (Å²) in [4.78, 5) is 8.78. The molecule has 20 heavy (non-hydrogen) atoms. The molecule has 1 aromatic carbocycles. The molecule has 0 aliphatic heterocycles. The van der Waals surface area contributed by atoms with E-state index in [9.17, 15) is 8.78 Å². The second-order valence-corrected chi connectivity index (χ2v) is 4.80. The van der Waals surface area contributed by atoms with Gasteiger partial charge in [0, 0.05) is 16.8 Å². The number of nitrogens with one attached hydrogen (secondary N) is 1. The van der Waals surface area contributed by atoms with E-state index in [2.05, 4.69) is 15.4 Å². The van der Waals surface area contributed by atoms with Crippen LogP contribution >= 0.6 is 0 Å². The quantitative estimate of drug-likeness (QED) is 0.653. The van der Waals surface area contributed by atoms with Crippen molar-refractivity contribution < 1.29 is 8.78 Å². The first-order valence-electron chi connectivity index (χ1n) is 6.51. The summed E-state index contributed by atoms with van der Waals surface area (Å²) in [6.07, 6.45) is 3.87. The van der Waals surface area contributed by atoms with Crippen LogP contribution in [0.15, 0.2) is 18.2 Å². The zero-order chi connectivity index (χ0) is 14.1. The molecule has 1 aliphatic rings. The van der Waals surface area contributed by atoms with Crippen LogP contribution in [0.4, 0.5) is 14.6 Å². The van der Waals surface area contributed by atoms with Gasteiger partial charge in [0.25, 0.3) is 0 Å². The van der Waals surface area contributed by atoms with Crippen LogP contribution in [0.25, 0.3) is 11.4 Å². The van der Waals surface area contributed by atoms with Gasteiger partial charge in [0.2, 0.25) is 0 Å². The highest BCUT2D eigenvalue weighted by Gasteiger charge is 2.18. The Bertz CT molecular complexity index is 641. The van der Waals surface area contributed by atoms with Gasteiger partial charge in [-0.3, -0.25) is 0 Å². The van der Waals surface area contributed by atoms with Crippen molar-refractivity contribution in [3.63, 3.8) is 0 Å². The Morgan fingerprint density at radius 3 is 2.60 bits per heavy atom. The summed E-state index contributed by atoms with van der Waals surface area (Å²) in [6, 6.07) is 3.63. The average molecular weight is 276 g/mol. The highest BCUT2D eigenvalue weighted by Crippen LogP contribution is 2.28. The van der Waals surface area contributed by atoms with E-state index in [-0.39, 0.29) is 0 Å². The molecular weight excluding hydrogens is 262 g/mol. The number of hydrogen-bond acceptors (Lipinski definition) is 4. The number of nitrogen functional groups attached to an aromatic ring is 1. The summed E-state index contributed by atoms with van der Waals surface area (Å²) in [7, 11) is 0. The van der Waals surface area contributed by atoms with Crippen LogP contribution in [0, 0.1) is 11.6 Å². The lowest BCUT2D eigenvalue weighted by Gasteiger charge is -2.18. The third kappa shape index (κ3) is 2.22. The molecule has 0 saturated heterocycles. The number of fused-ring (bicyclic) bond motifs is 1. The normalized spacial score (nSPS) is 13.9. The van der Waals surface area contributed by atoms with Gasteiger partial charge >= 0.3 is 0 Å². The second-order valence-electron chi connectivity index (χ2n) is 4.80. The first kappa shape index (κ1) is 12.9. The fourth-order valence-corrected chi connectivity index (χ4v) is 2.48. The smallest absolute Gasteiger partial charge is 0.161 e. The van der Waals surface area contributed by atoms with E-state index in [4.69, 9.17) is 5.84 Å². The van der Waals surface area contributed by atoms with E-state index in [1.165, 1.54) is 6.07 Å². The van der Waals surface area contributed by atoms with E-state index >= 15 is 0 Å². The molecule has 0 unspecified atom stereocenters. The minimum absolute atomic E-state index is 0.359. The van der Waals surface area contributed by atoms with Crippen LogP contribution in [0.5, 0.6) is 0 Å². The van der Waals surface area contributed by atoms with Crippen molar-refractivity contribution in [2.24, 2.45) is 5.84 Å². The van der Waals surface area contributed by atoms with Crippen LogP contribution in [0.1, 0.15) is 24.1 Å². The molecule has 0 radical (unpaired) electrons. The fraction of sp³-hybridized carbons (Fsp3) is 0.286. The fourth-order valence-electron chi connectivity index (χ4n) is 2.48. The molecule has 0 fully saturated rings. The number of aromatic nitrogens is 2. The van der Waals surface area contributed by atoms with Gasteiger partial charge in [0.15, 0.2) is 17.5 Å². The molecule has 0 bridgehead atoms. The van der Waals surface area contributed by atoms with Gasteiger partial charge in [0.1, 0.15) is 5.82 Å². The molecule has 104 valence electrons. The van der Waals surface area contributed by atoms with Crippen molar-refractivity contribution >= 4 is 5.82 Å². The summed E-state index contributed by atoms with van der Waals surface area (Å²) >= 11 is 0. The molecule has 0 amide bonds. The zero-order valence-electron chi connectivity index (χ0n) is 10.8. The number of anilines is 1. The maximum atomic E-state index is 13.3. The molecular formula is C14H14F2N4. The van der Waals surface area contributed by atoms with Gasteiger partial charge in [-0.15, -0.1) is 0 Å². The minimum atomic E-state index is -0.911. The molecule has 0 atom stereocenters. The van der Waals surface area contributed by atoms with Gasteiger partial charge in [0.05, 0.1) is 0 Å². The summed E-state index contributed by atoms with van der Waals surface area (Å²) in [5.41, 5.74) is 4.96. The molecule has 1 heterocycles. The van der Waals surface area contributed by atoms with Crippen molar-refractivity contribution in [2.45, 2.75) is 25.7 Å². The Balaban J connectivity index is 2.11. The lowest BCUT2D eigenvalue weighted by atomic mass is 9.96. The number of hydrazine groups is 1. The van der Waals surface area contributed by atoms with Crippen LogP contribution in [-0.4, -0.2) is 9.97 Å². The van der Waals surface area contributed by atoms with Crippen LogP contribution in [0.2, 0.25) is 0 Å².